The molecule has 0 radical (unpaired) electrons. The standard InChI is InChI=1S/C28H25N3O3S.C2HF3O2/c1-18(29)30-22-14-8-13-21(17-22)26(28(33)34)31-27(32)24-16-15-23(35-24)25(19-9-4-2-5-10-19)20-11-6-3-7-12-20;3-2(4,5)1(6)7/h2-17,25-26H,1H3,(H2,29,30)(H,31,32)(H,33,34);(H,6,7)/t26-;/m0./s1. The van der Waals surface area contributed by atoms with Crippen LogP contribution >= 0.6 is 11.3 Å². The molecule has 0 aliphatic rings. The smallest absolute Gasteiger partial charge is 0.479 e. The zero-order valence-electron chi connectivity index (χ0n) is 22.1. The maximum Gasteiger partial charge on any atom is 0.490 e. The Kier molecular flexibility index (Phi) is 10.6. The van der Waals surface area contributed by atoms with Gasteiger partial charge in [-0.15, -0.1) is 11.3 Å². The number of benzene rings is 3. The Balaban J connectivity index is 0.000000616. The van der Waals surface area contributed by atoms with Crippen molar-refractivity contribution >= 4 is 40.7 Å². The number of thiophene rings is 1. The fourth-order valence-corrected chi connectivity index (χ4v) is 4.98. The predicted octanol–water partition coefficient (Wildman–Crippen LogP) is 6.13. The van der Waals surface area contributed by atoms with Gasteiger partial charge in [-0.25, -0.2) is 14.6 Å². The van der Waals surface area contributed by atoms with Crippen LogP contribution in [0.3, 0.4) is 0 Å². The Labute approximate surface area is 243 Å². The van der Waals surface area contributed by atoms with Crippen LogP contribution in [0.4, 0.5) is 18.9 Å². The van der Waals surface area contributed by atoms with Crippen molar-refractivity contribution < 1.29 is 37.8 Å². The van der Waals surface area contributed by atoms with E-state index in [1.54, 1.807) is 37.3 Å². The molecule has 1 atom stereocenters. The number of nitrogens with two attached hydrogens (primary N) is 1. The van der Waals surface area contributed by atoms with Crippen LogP contribution in [0.15, 0.2) is 102 Å². The minimum Gasteiger partial charge on any atom is -0.479 e. The number of carbonyl (C=O) groups is 3. The van der Waals surface area contributed by atoms with E-state index in [9.17, 15) is 27.9 Å². The topological polar surface area (TPSA) is 142 Å². The Hall–Kier alpha value is -4.97. The van der Waals surface area contributed by atoms with Gasteiger partial charge in [0.2, 0.25) is 0 Å². The zero-order valence-corrected chi connectivity index (χ0v) is 22.9. The largest absolute Gasteiger partial charge is 0.490 e. The summed E-state index contributed by atoms with van der Waals surface area (Å²) in [4.78, 5) is 39.6. The van der Waals surface area contributed by atoms with Crippen LogP contribution in [0, 0.1) is 0 Å². The molecule has 1 heterocycles. The highest BCUT2D eigenvalue weighted by Crippen LogP contribution is 2.36. The predicted molar refractivity (Wildman–Crippen MR) is 153 cm³/mol. The summed E-state index contributed by atoms with van der Waals surface area (Å²) in [6.07, 6.45) is -5.08. The number of halogens is 3. The lowest BCUT2D eigenvalue weighted by atomic mass is 9.90. The molecule has 1 aromatic heterocycles. The highest BCUT2D eigenvalue weighted by Gasteiger charge is 2.38. The van der Waals surface area contributed by atoms with E-state index >= 15 is 0 Å². The van der Waals surface area contributed by atoms with E-state index in [1.165, 1.54) is 11.3 Å². The lowest BCUT2D eigenvalue weighted by Gasteiger charge is -2.17. The molecule has 4 aromatic rings. The summed E-state index contributed by atoms with van der Waals surface area (Å²) in [5, 5.41) is 19.6. The molecule has 218 valence electrons. The first kappa shape index (κ1) is 31.6. The number of amidine groups is 1. The van der Waals surface area contributed by atoms with Crippen LogP contribution in [0.2, 0.25) is 0 Å². The van der Waals surface area contributed by atoms with Gasteiger partial charge >= 0.3 is 18.1 Å². The monoisotopic (exact) mass is 597 g/mol. The van der Waals surface area contributed by atoms with Gasteiger partial charge in [0, 0.05) is 10.8 Å². The Morgan fingerprint density at radius 1 is 0.833 bits per heavy atom. The Morgan fingerprint density at radius 3 is 1.83 bits per heavy atom. The van der Waals surface area contributed by atoms with E-state index < -0.39 is 30.1 Å². The summed E-state index contributed by atoms with van der Waals surface area (Å²) in [5.41, 5.74) is 8.81. The van der Waals surface area contributed by atoms with Gasteiger partial charge < -0.3 is 21.3 Å². The maximum atomic E-state index is 13.1. The second-order valence-electron chi connectivity index (χ2n) is 8.85. The van der Waals surface area contributed by atoms with Gasteiger partial charge in [-0.3, -0.25) is 4.79 Å². The average molecular weight is 598 g/mol. The second kappa shape index (κ2) is 14.1. The number of carboxylic acids is 2. The molecule has 0 saturated carbocycles. The van der Waals surface area contributed by atoms with Crippen molar-refractivity contribution in [3.05, 3.63) is 124 Å². The number of amides is 1. The number of carbonyl (C=O) groups excluding carboxylic acids is 1. The molecule has 0 aliphatic heterocycles. The first-order valence-electron chi connectivity index (χ1n) is 12.3. The molecular weight excluding hydrogens is 571 g/mol. The number of nitrogens with zero attached hydrogens (tertiary/aromatic N) is 1. The highest BCUT2D eigenvalue weighted by atomic mass is 32.1. The maximum absolute atomic E-state index is 13.1. The summed E-state index contributed by atoms with van der Waals surface area (Å²) in [6, 6.07) is 29.3. The summed E-state index contributed by atoms with van der Waals surface area (Å²) < 4.78 is 31.7. The van der Waals surface area contributed by atoms with Crippen molar-refractivity contribution in [1.82, 2.24) is 5.32 Å². The minimum absolute atomic E-state index is 0.0340. The van der Waals surface area contributed by atoms with Crippen LogP contribution in [0.5, 0.6) is 0 Å². The molecule has 4 rings (SSSR count). The highest BCUT2D eigenvalue weighted by molar-refractivity contribution is 7.14. The second-order valence-corrected chi connectivity index (χ2v) is 9.97. The SMILES string of the molecule is CC(N)=Nc1cccc([C@H](NC(=O)c2ccc(C(c3ccccc3)c3ccccc3)s2)C(=O)O)c1.O=C(O)C(F)(F)F. The fraction of sp³-hybridized carbons (Fsp3) is 0.133. The Morgan fingerprint density at radius 2 is 1.36 bits per heavy atom. The molecule has 0 fully saturated rings. The van der Waals surface area contributed by atoms with E-state index in [0.29, 0.717) is 22.0 Å². The number of aliphatic imine (C=N–C) groups is 1. The van der Waals surface area contributed by atoms with Gasteiger partial charge in [0.25, 0.3) is 5.91 Å². The number of alkyl halides is 3. The van der Waals surface area contributed by atoms with Crippen LogP contribution < -0.4 is 11.1 Å². The summed E-state index contributed by atoms with van der Waals surface area (Å²) in [7, 11) is 0. The molecule has 3 aromatic carbocycles. The number of rotatable bonds is 8. The zero-order chi connectivity index (χ0) is 30.9. The van der Waals surface area contributed by atoms with Gasteiger partial charge in [0.05, 0.1) is 16.4 Å². The van der Waals surface area contributed by atoms with E-state index in [4.69, 9.17) is 15.6 Å². The molecule has 12 heteroatoms. The van der Waals surface area contributed by atoms with Crippen molar-refractivity contribution in [2.75, 3.05) is 0 Å². The first-order chi connectivity index (χ1) is 19.9. The van der Waals surface area contributed by atoms with Gasteiger partial charge in [0.1, 0.15) is 0 Å². The lowest BCUT2D eigenvalue weighted by molar-refractivity contribution is -0.192. The third kappa shape index (κ3) is 8.77. The average Bonchev–Trinajstić information content (AvgIpc) is 3.42. The van der Waals surface area contributed by atoms with E-state index in [-0.39, 0.29) is 5.92 Å². The van der Waals surface area contributed by atoms with Crippen molar-refractivity contribution in [1.29, 1.82) is 0 Å². The number of hydrogen-bond acceptors (Lipinski definition) is 5. The van der Waals surface area contributed by atoms with Crippen LogP contribution in [-0.2, 0) is 9.59 Å². The summed E-state index contributed by atoms with van der Waals surface area (Å²) in [6.45, 7) is 1.65. The number of hydrogen-bond donors (Lipinski definition) is 4. The molecule has 1 amide bonds. The third-order valence-corrected chi connectivity index (χ3v) is 6.82. The summed E-state index contributed by atoms with van der Waals surface area (Å²) in [5.74, 6) is -4.04. The van der Waals surface area contributed by atoms with E-state index in [2.05, 4.69) is 34.6 Å². The molecule has 42 heavy (non-hydrogen) atoms. The molecule has 0 saturated heterocycles. The van der Waals surface area contributed by atoms with Gasteiger partial charge in [0.15, 0.2) is 6.04 Å². The summed E-state index contributed by atoms with van der Waals surface area (Å²) >= 11 is 1.36. The quantitative estimate of drug-likeness (QED) is 0.142. The van der Waals surface area contributed by atoms with Crippen molar-refractivity contribution in [3.8, 4) is 0 Å². The van der Waals surface area contributed by atoms with Crippen molar-refractivity contribution in [2.24, 2.45) is 10.7 Å². The molecule has 0 bridgehead atoms. The first-order valence-corrected chi connectivity index (χ1v) is 13.1. The minimum atomic E-state index is -5.08. The van der Waals surface area contributed by atoms with E-state index in [1.807, 2.05) is 42.5 Å². The van der Waals surface area contributed by atoms with Gasteiger partial charge in [-0.05, 0) is 47.9 Å². The van der Waals surface area contributed by atoms with Crippen molar-refractivity contribution in [3.63, 3.8) is 0 Å². The Bertz CT molecular complexity index is 1510. The number of carboxylic acid groups (broad SMARTS) is 2. The normalized spacial score (nSPS) is 12.2. The van der Waals surface area contributed by atoms with Crippen molar-refractivity contribution in [2.45, 2.75) is 25.1 Å². The van der Waals surface area contributed by atoms with E-state index in [0.717, 1.165) is 16.0 Å². The number of aliphatic carboxylic acids is 2. The fourth-order valence-electron chi connectivity index (χ4n) is 3.91. The van der Waals surface area contributed by atoms with Crippen LogP contribution in [-0.4, -0.2) is 40.1 Å². The van der Waals surface area contributed by atoms with Crippen LogP contribution in [0.1, 0.15) is 50.1 Å². The molecule has 8 nitrogen and oxygen atoms in total. The lowest BCUT2D eigenvalue weighted by Crippen LogP contribution is -2.33. The molecule has 0 aliphatic carbocycles. The third-order valence-electron chi connectivity index (χ3n) is 5.67. The van der Waals surface area contributed by atoms with Crippen LogP contribution in [0.25, 0.3) is 0 Å². The van der Waals surface area contributed by atoms with Gasteiger partial charge in [-0.1, -0.05) is 72.8 Å². The number of nitrogens with one attached hydrogen (secondary N) is 1. The molecule has 0 unspecified atom stereocenters. The van der Waals surface area contributed by atoms with Gasteiger partial charge in [-0.2, -0.15) is 13.2 Å². The molecular formula is C30H26F3N3O5S. The molecule has 0 spiro atoms. The molecule has 5 N–H and O–H groups in total.